The number of amides is 2. The molecule has 2 amide bonds. The van der Waals surface area contributed by atoms with E-state index in [9.17, 15) is 9.59 Å². The largest absolute Gasteiger partial charge is 0.493 e. The van der Waals surface area contributed by atoms with E-state index in [0.29, 0.717) is 27.3 Å². The minimum absolute atomic E-state index is 0.117. The van der Waals surface area contributed by atoms with E-state index in [1.165, 1.54) is 26.7 Å². The van der Waals surface area contributed by atoms with Gasteiger partial charge in [-0.2, -0.15) is 5.10 Å². The van der Waals surface area contributed by atoms with E-state index >= 15 is 0 Å². The van der Waals surface area contributed by atoms with Crippen molar-refractivity contribution < 1.29 is 23.5 Å². The van der Waals surface area contributed by atoms with Crippen LogP contribution >= 0.6 is 15.9 Å². The number of ether oxygens (including phenoxy) is 2. The van der Waals surface area contributed by atoms with Crippen LogP contribution in [0.4, 0.5) is 0 Å². The van der Waals surface area contributed by atoms with Gasteiger partial charge in [-0.3, -0.25) is 9.59 Å². The molecule has 2 rings (SSSR count). The number of benzene rings is 1. The molecule has 25 heavy (non-hydrogen) atoms. The number of hydrogen-bond donors (Lipinski definition) is 2. The van der Waals surface area contributed by atoms with Gasteiger partial charge in [-0.25, -0.2) is 5.43 Å². The molecule has 0 aliphatic carbocycles. The van der Waals surface area contributed by atoms with Crippen LogP contribution in [0.1, 0.15) is 11.3 Å². The number of nitrogens with zero attached hydrogens (tertiary/aromatic N) is 1. The zero-order chi connectivity index (χ0) is 18.2. The molecule has 1 aromatic carbocycles. The average Bonchev–Trinajstić information content (AvgIpc) is 3.12. The summed E-state index contributed by atoms with van der Waals surface area (Å²) >= 11 is 3.36. The summed E-state index contributed by atoms with van der Waals surface area (Å²) in [7, 11) is 3.04. The molecule has 0 aliphatic heterocycles. The van der Waals surface area contributed by atoms with Crippen molar-refractivity contribution in [2.45, 2.75) is 6.54 Å². The lowest BCUT2D eigenvalue weighted by atomic mass is 10.2. The van der Waals surface area contributed by atoms with Gasteiger partial charge < -0.3 is 19.2 Å². The topological polar surface area (TPSA) is 102 Å². The summed E-state index contributed by atoms with van der Waals surface area (Å²) in [6, 6.07) is 6.78. The highest BCUT2D eigenvalue weighted by molar-refractivity contribution is 9.10. The maximum absolute atomic E-state index is 11.7. The minimum Gasteiger partial charge on any atom is -0.493 e. The maximum atomic E-state index is 11.7. The molecular weight excluding hydrogens is 394 g/mol. The third-order valence-electron chi connectivity index (χ3n) is 3.05. The first-order valence-corrected chi connectivity index (χ1v) is 7.89. The molecule has 0 spiro atoms. The van der Waals surface area contributed by atoms with Crippen molar-refractivity contribution in [1.29, 1.82) is 0 Å². The summed E-state index contributed by atoms with van der Waals surface area (Å²) in [5.74, 6) is -0.119. The van der Waals surface area contributed by atoms with Gasteiger partial charge in [0, 0.05) is 0 Å². The van der Waals surface area contributed by atoms with Crippen molar-refractivity contribution in [3.05, 3.63) is 46.3 Å². The van der Waals surface area contributed by atoms with E-state index in [0.717, 1.165) is 0 Å². The molecule has 1 heterocycles. The van der Waals surface area contributed by atoms with Gasteiger partial charge in [0.25, 0.3) is 0 Å². The van der Waals surface area contributed by atoms with Gasteiger partial charge in [0.2, 0.25) is 0 Å². The van der Waals surface area contributed by atoms with E-state index in [4.69, 9.17) is 13.9 Å². The predicted octanol–water partition coefficient (Wildman–Crippen LogP) is 1.83. The fourth-order valence-electron chi connectivity index (χ4n) is 1.89. The second kappa shape index (κ2) is 8.88. The van der Waals surface area contributed by atoms with Gasteiger partial charge in [0.1, 0.15) is 5.76 Å². The number of furan rings is 1. The molecule has 0 saturated carbocycles. The van der Waals surface area contributed by atoms with Crippen LogP contribution < -0.4 is 20.2 Å². The number of rotatable bonds is 6. The Balaban J connectivity index is 1.92. The van der Waals surface area contributed by atoms with E-state index in [1.807, 2.05) is 0 Å². The van der Waals surface area contributed by atoms with Gasteiger partial charge in [0.15, 0.2) is 11.5 Å². The van der Waals surface area contributed by atoms with Crippen LogP contribution in [0.25, 0.3) is 0 Å². The quantitative estimate of drug-likeness (QED) is 0.430. The van der Waals surface area contributed by atoms with Crippen molar-refractivity contribution in [2.75, 3.05) is 14.2 Å². The summed E-state index contributed by atoms with van der Waals surface area (Å²) in [5.41, 5.74) is 2.79. The fourth-order valence-corrected chi connectivity index (χ4v) is 2.51. The molecule has 0 fully saturated rings. The van der Waals surface area contributed by atoms with Crippen LogP contribution in [0, 0.1) is 0 Å². The highest BCUT2D eigenvalue weighted by atomic mass is 79.9. The summed E-state index contributed by atoms with van der Waals surface area (Å²) in [5, 5.41) is 6.17. The first kappa shape index (κ1) is 18.5. The Labute approximate surface area is 152 Å². The van der Waals surface area contributed by atoms with Crippen LogP contribution in [0.3, 0.4) is 0 Å². The van der Waals surface area contributed by atoms with Gasteiger partial charge >= 0.3 is 11.8 Å². The van der Waals surface area contributed by atoms with Crippen molar-refractivity contribution in [3.63, 3.8) is 0 Å². The van der Waals surface area contributed by atoms with Gasteiger partial charge in [-0.05, 0) is 45.8 Å². The SMILES string of the molecule is COc1cc(/C=N\NC(=O)C(=O)NCc2ccco2)cc(Br)c1OC. The van der Waals surface area contributed by atoms with E-state index in [2.05, 4.69) is 31.8 Å². The monoisotopic (exact) mass is 409 g/mol. The Morgan fingerprint density at radius 2 is 2.08 bits per heavy atom. The molecule has 0 bridgehead atoms. The Bertz CT molecular complexity index is 774. The Hall–Kier alpha value is -2.81. The first-order valence-electron chi connectivity index (χ1n) is 7.10. The first-order chi connectivity index (χ1) is 12.0. The second-order valence-electron chi connectivity index (χ2n) is 4.70. The highest BCUT2D eigenvalue weighted by Crippen LogP contribution is 2.35. The summed E-state index contributed by atoms with van der Waals surface area (Å²) in [4.78, 5) is 23.3. The van der Waals surface area contributed by atoms with Crippen molar-refractivity contribution in [1.82, 2.24) is 10.7 Å². The number of carbonyl (C=O) groups excluding carboxylic acids is 2. The Morgan fingerprint density at radius 3 is 2.72 bits per heavy atom. The highest BCUT2D eigenvalue weighted by Gasteiger charge is 2.13. The molecule has 0 unspecified atom stereocenters. The number of hydrogen-bond acceptors (Lipinski definition) is 6. The molecule has 9 heteroatoms. The molecule has 0 aliphatic rings. The van der Waals surface area contributed by atoms with Gasteiger partial charge in [-0.15, -0.1) is 0 Å². The zero-order valence-corrected chi connectivity index (χ0v) is 15.1. The molecule has 2 aromatic rings. The minimum atomic E-state index is -0.887. The zero-order valence-electron chi connectivity index (χ0n) is 13.5. The molecule has 2 N–H and O–H groups in total. The van der Waals surface area contributed by atoms with E-state index in [-0.39, 0.29) is 6.54 Å². The molecule has 0 saturated heterocycles. The van der Waals surface area contributed by atoms with Crippen LogP contribution in [0.15, 0.2) is 44.5 Å². The standard InChI is InChI=1S/C16H16BrN3O5/c1-23-13-7-10(6-12(17)14(13)24-2)8-19-20-16(22)15(21)18-9-11-4-3-5-25-11/h3-8H,9H2,1-2H3,(H,18,21)(H,20,22)/b19-8-. The van der Waals surface area contributed by atoms with E-state index in [1.54, 1.807) is 24.3 Å². The number of halogens is 1. The lowest BCUT2D eigenvalue weighted by molar-refractivity contribution is -0.139. The van der Waals surface area contributed by atoms with Gasteiger partial charge in [0.05, 0.1) is 37.7 Å². The molecule has 0 radical (unpaired) electrons. The molecular formula is C16H16BrN3O5. The summed E-state index contributed by atoms with van der Waals surface area (Å²) < 4.78 is 16.1. The maximum Gasteiger partial charge on any atom is 0.329 e. The van der Waals surface area contributed by atoms with Crippen LogP contribution in [-0.2, 0) is 16.1 Å². The Morgan fingerprint density at radius 1 is 1.28 bits per heavy atom. The lowest BCUT2D eigenvalue weighted by Gasteiger charge is -2.10. The normalized spacial score (nSPS) is 10.5. The predicted molar refractivity (Wildman–Crippen MR) is 93.5 cm³/mol. The van der Waals surface area contributed by atoms with E-state index < -0.39 is 11.8 Å². The smallest absolute Gasteiger partial charge is 0.329 e. The molecule has 132 valence electrons. The second-order valence-corrected chi connectivity index (χ2v) is 5.55. The lowest BCUT2D eigenvalue weighted by Crippen LogP contribution is -2.37. The van der Waals surface area contributed by atoms with Gasteiger partial charge in [-0.1, -0.05) is 0 Å². The van der Waals surface area contributed by atoms with Crippen molar-refractivity contribution in [3.8, 4) is 11.5 Å². The number of nitrogens with one attached hydrogen (secondary N) is 2. The fraction of sp³-hybridized carbons (Fsp3) is 0.188. The summed E-state index contributed by atoms with van der Waals surface area (Å²) in [6.07, 6.45) is 2.86. The molecule has 1 aromatic heterocycles. The molecule has 8 nitrogen and oxygen atoms in total. The van der Waals surface area contributed by atoms with Crippen LogP contribution in [-0.4, -0.2) is 32.2 Å². The third kappa shape index (κ3) is 5.08. The van der Waals surface area contributed by atoms with Crippen LogP contribution in [0.2, 0.25) is 0 Å². The molecule has 0 atom stereocenters. The van der Waals surface area contributed by atoms with Crippen molar-refractivity contribution in [2.24, 2.45) is 5.10 Å². The number of carbonyl (C=O) groups is 2. The van der Waals surface area contributed by atoms with Crippen molar-refractivity contribution >= 4 is 34.0 Å². The van der Waals surface area contributed by atoms with Crippen LogP contribution in [0.5, 0.6) is 11.5 Å². The third-order valence-corrected chi connectivity index (χ3v) is 3.63. The summed E-state index contributed by atoms with van der Waals surface area (Å²) in [6.45, 7) is 0.117. The average molecular weight is 410 g/mol. The Kier molecular flexibility index (Phi) is 6.58. The number of hydrazone groups is 1. The number of methoxy groups -OCH3 is 2.